The van der Waals surface area contributed by atoms with Crippen molar-refractivity contribution < 1.29 is 9.90 Å². The van der Waals surface area contributed by atoms with E-state index in [1.54, 1.807) is 4.90 Å². The average molecular weight is 228 g/mol. The van der Waals surface area contributed by atoms with E-state index in [0.29, 0.717) is 6.54 Å². The number of carbonyl (C=O) groups is 1. The molecule has 1 fully saturated rings. The monoisotopic (exact) mass is 228 g/mol. The molecule has 1 aliphatic rings. The molecule has 2 atom stereocenters. The molecule has 1 amide bonds. The molecule has 94 valence electrons. The van der Waals surface area contributed by atoms with Crippen LogP contribution in [-0.4, -0.2) is 34.2 Å². The molecule has 0 aromatic rings. The first kappa shape index (κ1) is 13.3. The molecular formula is C12H24N2O2. The molecule has 0 aromatic heterocycles. The van der Waals surface area contributed by atoms with Crippen LogP contribution in [0.5, 0.6) is 0 Å². The molecule has 3 N–H and O–H groups in total. The molecule has 2 unspecified atom stereocenters. The van der Waals surface area contributed by atoms with E-state index in [1.807, 2.05) is 0 Å². The highest BCUT2D eigenvalue weighted by Crippen LogP contribution is 2.36. The smallest absolute Gasteiger partial charge is 0.407 e. The predicted molar refractivity (Wildman–Crippen MR) is 64.4 cm³/mol. The lowest BCUT2D eigenvalue weighted by Crippen LogP contribution is -2.59. The first-order valence-corrected chi connectivity index (χ1v) is 5.98. The van der Waals surface area contributed by atoms with E-state index in [-0.39, 0.29) is 17.0 Å². The number of hydrogen-bond acceptors (Lipinski definition) is 2. The lowest BCUT2D eigenvalue weighted by atomic mass is 9.73. The summed E-state index contributed by atoms with van der Waals surface area (Å²) < 4.78 is 0. The third-order valence-corrected chi connectivity index (χ3v) is 3.78. The van der Waals surface area contributed by atoms with Crippen molar-refractivity contribution in [3.63, 3.8) is 0 Å². The molecule has 0 radical (unpaired) electrons. The van der Waals surface area contributed by atoms with Crippen molar-refractivity contribution in [3.8, 4) is 0 Å². The standard InChI is InChI=1S/C12H24N2O2/c1-5-12(13)6-7-14(10(15)16)9(8-12)11(2,3)4/h9H,5-8,13H2,1-4H3,(H,15,16). The van der Waals surface area contributed by atoms with Crippen LogP contribution in [0.25, 0.3) is 0 Å². The first-order valence-electron chi connectivity index (χ1n) is 5.98. The van der Waals surface area contributed by atoms with Gasteiger partial charge in [0.1, 0.15) is 0 Å². The Morgan fingerprint density at radius 3 is 2.50 bits per heavy atom. The van der Waals surface area contributed by atoms with Gasteiger partial charge >= 0.3 is 6.09 Å². The Morgan fingerprint density at radius 1 is 1.56 bits per heavy atom. The Morgan fingerprint density at radius 2 is 2.12 bits per heavy atom. The number of amides is 1. The minimum Gasteiger partial charge on any atom is -0.465 e. The average Bonchev–Trinajstić information content (AvgIpc) is 2.16. The predicted octanol–water partition coefficient (Wildman–Crippen LogP) is 2.28. The largest absolute Gasteiger partial charge is 0.465 e. The quantitative estimate of drug-likeness (QED) is 0.723. The Balaban J connectivity index is 2.90. The summed E-state index contributed by atoms with van der Waals surface area (Å²) >= 11 is 0. The first-order chi connectivity index (χ1) is 7.19. The molecule has 0 saturated carbocycles. The van der Waals surface area contributed by atoms with Gasteiger partial charge in [0.25, 0.3) is 0 Å². The van der Waals surface area contributed by atoms with Gasteiger partial charge in [0.2, 0.25) is 0 Å². The molecule has 0 spiro atoms. The third kappa shape index (κ3) is 2.67. The highest BCUT2D eigenvalue weighted by molar-refractivity contribution is 5.65. The minimum absolute atomic E-state index is 0.0173. The van der Waals surface area contributed by atoms with Crippen LogP contribution >= 0.6 is 0 Å². The third-order valence-electron chi connectivity index (χ3n) is 3.78. The van der Waals surface area contributed by atoms with E-state index in [9.17, 15) is 9.90 Å². The SMILES string of the molecule is CCC1(N)CCN(C(=O)O)C(C(C)(C)C)C1. The van der Waals surface area contributed by atoms with E-state index in [4.69, 9.17) is 5.73 Å². The number of carboxylic acid groups (broad SMARTS) is 1. The number of piperidine rings is 1. The molecule has 1 aliphatic heterocycles. The van der Waals surface area contributed by atoms with Crippen molar-refractivity contribution in [2.75, 3.05) is 6.54 Å². The van der Waals surface area contributed by atoms with E-state index < -0.39 is 6.09 Å². The summed E-state index contributed by atoms with van der Waals surface area (Å²) in [5.41, 5.74) is 6.04. The van der Waals surface area contributed by atoms with Gasteiger partial charge in [-0.15, -0.1) is 0 Å². The van der Waals surface area contributed by atoms with Gasteiger partial charge in [0.15, 0.2) is 0 Å². The Bertz CT molecular complexity index is 273. The van der Waals surface area contributed by atoms with E-state index >= 15 is 0 Å². The molecule has 1 rings (SSSR count). The van der Waals surface area contributed by atoms with Gasteiger partial charge in [0.05, 0.1) is 0 Å². The second kappa shape index (κ2) is 4.24. The van der Waals surface area contributed by atoms with Crippen molar-refractivity contribution in [2.45, 2.75) is 58.5 Å². The summed E-state index contributed by atoms with van der Waals surface area (Å²) in [6.07, 6.45) is 1.62. The lowest BCUT2D eigenvalue weighted by molar-refractivity contribution is 0.0311. The van der Waals surface area contributed by atoms with Gasteiger partial charge in [-0.25, -0.2) is 4.79 Å². The highest BCUT2D eigenvalue weighted by Gasteiger charge is 2.42. The van der Waals surface area contributed by atoms with Crippen molar-refractivity contribution in [1.82, 2.24) is 4.90 Å². The zero-order valence-corrected chi connectivity index (χ0v) is 10.8. The van der Waals surface area contributed by atoms with Crippen LogP contribution < -0.4 is 5.73 Å². The van der Waals surface area contributed by atoms with Crippen LogP contribution in [0.3, 0.4) is 0 Å². The maximum atomic E-state index is 11.2. The second-order valence-corrected chi connectivity index (χ2v) is 6.03. The van der Waals surface area contributed by atoms with Crippen LogP contribution in [-0.2, 0) is 0 Å². The number of nitrogens with zero attached hydrogens (tertiary/aromatic N) is 1. The Kier molecular flexibility index (Phi) is 3.53. The van der Waals surface area contributed by atoms with Gasteiger partial charge < -0.3 is 15.7 Å². The summed E-state index contributed by atoms with van der Waals surface area (Å²) in [6, 6.07) is 0.0173. The van der Waals surface area contributed by atoms with Crippen molar-refractivity contribution in [3.05, 3.63) is 0 Å². The summed E-state index contributed by atoms with van der Waals surface area (Å²) in [5.74, 6) is 0. The zero-order chi connectivity index (χ0) is 12.6. The summed E-state index contributed by atoms with van der Waals surface area (Å²) in [7, 11) is 0. The highest BCUT2D eigenvalue weighted by atomic mass is 16.4. The second-order valence-electron chi connectivity index (χ2n) is 6.03. The summed E-state index contributed by atoms with van der Waals surface area (Å²) in [6.45, 7) is 8.87. The molecule has 4 nitrogen and oxygen atoms in total. The molecule has 4 heteroatoms. The Hall–Kier alpha value is -0.770. The van der Waals surface area contributed by atoms with E-state index in [0.717, 1.165) is 19.3 Å². The fraction of sp³-hybridized carbons (Fsp3) is 0.917. The zero-order valence-electron chi connectivity index (χ0n) is 10.8. The van der Waals surface area contributed by atoms with Crippen LogP contribution in [0, 0.1) is 5.41 Å². The number of likely N-dealkylation sites (tertiary alicyclic amines) is 1. The summed E-state index contributed by atoms with van der Waals surface area (Å²) in [4.78, 5) is 12.8. The van der Waals surface area contributed by atoms with Gasteiger partial charge in [0, 0.05) is 18.1 Å². The number of hydrogen-bond donors (Lipinski definition) is 2. The molecule has 0 bridgehead atoms. The maximum absolute atomic E-state index is 11.2. The fourth-order valence-corrected chi connectivity index (χ4v) is 2.42. The number of nitrogens with two attached hydrogens (primary N) is 1. The van der Waals surface area contributed by atoms with Crippen molar-refractivity contribution in [2.24, 2.45) is 11.1 Å². The van der Waals surface area contributed by atoms with Crippen molar-refractivity contribution in [1.29, 1.82) is 0 Å². The molecule has 16 heavy (non-hydrogen) atoms. The minimum atomic E-state index is -0.821. The molecule has 0 aliphatic carbocycles. The lowest BCUT2D eigenvalue weighted by Gasteiger charge is -2.48. The van der Waals surface area contributed by atoms with Gasteiger partial charge in [-0.05, 0) is 24.7 Å². The molecular weight excluding hydrogens is 204 g/mol. The fourth-order valence-electron chi connectivity index (χ4n) is 2.42. The summed E-state index contributed by atoms with van der Waals surface area (Å²) in [5, 5.41) is 9.20. The normalized spacial score (nSPS) is 31.6. The van der Waals surface area contributed by atoms with Crippen LogP contribution in [0.2, 0.25) is 0 Å². The Labute approximate surface area is 97.8 Å². The molecule has 1 saturated heterocycles. The van der Waals surface area contributed by atoms with Gasteiger partial charge in [-0.1, -0.05) is 27.7 Å². The van der Waals surface area contributed by atoms with E-state index in [1.165, 1.54) is 0 Å². The van der Waals surface area contributed by atoms with Crippen LogP contribution in [0.15, 0.2) is 0 Å². The van der Waals surface area contributed by atoms with Crippen molar-refractivity contribution >= 4 is 6.09 Å². The van der Waals surface area contributed by atoms with Gasteiger partial charge in [-0.2, -0.15) is 0 Å². The molecule has 0 aromatic carbocycles. The number of rotatable bonds is 1. The van der Waals surface area contributed by atoms with E-state index in [2.05, 4.69) is 27.7 Å². The van der Waals surface area contributed by atoms with Crippen LogP contribution in [0.1, 0.15) is 47.0 Å². The topological polar surface area (TPSA) is 66.6 Å². The van der Waals surface area contributed by atoms with Gasteiger partial charge in [-0.3, -0.25) is 0 Å². The maximum Gasteiger partial charge on any atom is 0.407 e. The molecule has 1 heterocycles. The van der Waals surface area contributed by atoms with Crippen LogP contribution in [0.4, 0.5) is 4.79 Å².